The molecule has 2 aromatic rings. The van der Waals surface area contributed by atoms with E-state index >= 15 is 0 Å². The molecule has 6 nitrogen and oxygen atoms in total. The molecule has 0 spiro atoms. The van der Waals surface area contributed by atoms with Crippen molar-refractivity contribution in [2.24, 2.45) is 0 Å². The van der Waals surface area contributed by atoms with Crippen molar-refractivity contribution in [1.29, 1.82) is 0 Å². The summed E-state index contributed by atoms with van der Waals surface area (Å²) in [6.07, 6.45) is 4.27. The third-order valence-corrected chi connectivity index (χ3v) is 2.76. The molecule has 0 bridgehead atoms. The van der Waals surface area contributed by atoms with Crippen molar-refractivity contribution < 1.29 is 4.79 Å². The van der Waals surface area contributed by atoms with Crippen LogP contribution in [0.1, 0.15) is 16.8 Å². The molecule has 0 radical (unpaired) electrons. The second-order valence-electron chi connectivity index (χ2n) is 4.10. The van der Waals surface area contributed by atoms with Crippen LogP contribution in [0.4, 0.5) is 5.69 Å². The highest BCUT2D eigenvalue weighted by atomic mass is 16.1. The van der Waals surface area contributed by atoms with E-state index in [2.05, 4.69) is 20.9 Å². The monoisotopic (exact) mass is 259 g/mol. The second kappa shape index (κ2) is 6.53. The van der Waals surface area contributed by atoms with Crippen LogP contribution in [0.25, 0.3) is 0 Å². The third-order valence-electron chi connectivity index (χ3n) is 2.76. The summed E-state index contributed by atoms with van der Waals surface area (Å²) >= 11 is 0. The minimum Gasteiger partial charge on any atom is -0.388 e. The number of anilines is 1. The van der Waals surface area contributed by atoms with E-state index in [1.54, 1.807) is 29.2 Å². The number of hydrogen-bond donors (Lipinski definition) is 2. The SMILES string of the molecule is CNc1ccc(C(=O)NCCCn2ccnn2)cc1. The number of benzene rings is 1. The number of nitrogens with one attached hydrogen (secondary N) is 2. The number of aryl methyl sites for hydroxylation is 1. The Labute approximate surface area is 111 Å². The van der Waals surface area contributed by atoms with E-state index in [0.29, 0.717) is 12.1 Å². The minimum absolute atomic E-state index is 0.0544. The van der Waals surface area contributed by atoms with Crippen molar-refractivity contribution in [3.05, 3.63) is 42.2 Å². The van der Waals surface area contributed by atoms with Gasteiger partial charge in [-0.3, -0.25) is 9.48 Å². The van der Waals surface area contributed by atoms with Gasteiger partial charge < -0.3 is 10.6 Å². The quantitative estimate of drug-likeness (QED) is 0.763. The zero-order chi connectivity index (χ0) is 13.5. The van der Waals surface area contributed by atoms with Crippen LogP contribution in [0.15, 0.2) is 36.7 Å². The lowest BCUT2D eigenvalue weighted by Gasteiger charge is -2.06. The summed E-state index contributed by atoms with van der Waals surface area (Å²) in [5.41, 5.74) is 1.66. The summed E-state index contributed by atoms with van der Waals surface area (Å²) in [5.74, 6) is -0.0544. The summed E-state index contributed by atoms with van der Waals surface area (Å²) in [4.78, 5) is 11.8. The molecule has 1 heterocycles. The number of hydrogen-bond acceptors (Lipinski definition) is 4. The van der Waals surface area contributed by atoms with Crippen LogP contribution in [0.3, 0.4) is 0 Å². The fourth-order valence-corrected chi connectivity index (χ4v) is 1.69. The fourth-order valence-electron chi connectivity index (χ4n) is 1.69. The molecule has 0 saturated carbocycles. The average Bonchev–Trinajstić information content (AvgIpc) is 2.96. The van der Waals surface area contributed by atoms with Crippen LogP contribution in [0, 0.1) is 0 Å². The van der Waals surface area contributed by atoms with Gasteiger partial charge in [0, 0.05) is 37.6 Å². The van der Waals surface area contributed by atoms with Gasteiger partial charge in [0.05, 0.1) is 6.20 Å². The van der Waals surface area contributed by atoms with E-state index in [4.69, 9.17) is 0 Å². The lowest BCUT2D eigenvalue weighted by Crippen LogP contribution is -2.25. The van der Waals surface area contributed by atoms with Crippen LogP contribution in [0.5, 0.6) is 0 Å². The molecular weight excluding hydrogens is 242 g/mol. The van der Waals surface area contributed by atoms with Gasteiger partial charge >= 0.3 is 0 Å². The maximum atomic E-state index is 11.8. The van der Waals surface area contributed by atoms with Gasteiger partial charge in [-0.1, -0.05) is 5.21 Å². The molecule has 2 rings (SSSR count). The number of carbonyl (C=O) groups is 1. The van der Waals surface area contributed by atoms with E-state index in [1.807, 2.05) is 19.2 Å². The third kappa shape index (κ3) is 3.80. The first kappa shape index (κ1) is 13.1. The number of rotatable bonds is 6. The average molecular weight is 259 g/mol. The van der Waals surface area contributed by atoms with Crippen LogP contribution in [0.2, 0.25) is 0 Å². The molecular formula is C13H17N5O. The summed E-state index contributed by atoms with van der Waals surface area (Å²) < 4.78 is 1.74. The molecule has 6 heteroatoms. The van der Waals surface area contributed by atoms with Gasteiger partial charge in [-0.25, -0.2) is 0 Å². The smallest absolute Gasteiger partial charge is 0.251 e. The Morgan fingerprint density at radius 2 is 2.11 bits per heavy atom. The highest BCUT2D eigenvalue weighted by Crippen LogP contribution is 2.08. The number of amides is 1. The predicted molar refractivity (Wildman–Crippen MR) is 73.0 cm³/mol. The number of aromatic nitrogens is 3. The summed E-state index contributed by atoms with van der Waals surface area (Å²) in [5, 5.41) is 13.5. The molecule has 0 aliphatic heterocycles. The first-order valence-electron chi connectivity index (χ1n) is 6.20. The van der Waals surface area contributed by atoms with Crippen molar-refractivity contribution in [2.75, 3.05) is 18.9 Å². The molecule has 100 valence electrons. The molecule has 1 amide bonds. The van der Waals surface area contributed by atoms with Gasteiger partial charge in [0.2, 0.25) is 0 Å². The van der Waals surface area contributed by atoms with Gasteiger partial charge in [0.15, 0.2) is 0 Å². The Kier molecular flexibility index (Phi) is 4.49. The van der Waals surface area contributed by atoms with E-state index < -0.39 is 0 Å². The lowest BCUT2D eigenvalue weighted by molar-refractivity contribution is 0.0952. The molecule has 0 aliphatic carbocycles. The molecule has 0 unspecified atom stereocenters. The topological polar surface area (TPSA) is 71.8 Å². The maximum absolute atomic E-state index is 11.8. The fraction of sp³-hybridized carbons (Fsp3) is 0.308. The Morgan fingerprint density at radius 1 is 1.32 bits per heavy atom. The Balaban J connectivity index is 1.74. The molecule has 0 aliphatic rings. The Hall–Kier alpha value is -2.37. The van der Waals surface area contributed by atoms with Crippen molar-refractivity contribution in [3.8, 4) is 0 Å². The summed E-state index contributed by atoms with van der Waals surface area (Å²) in [6, 6.07) is 7.37. The van der Waals surface area contributed by atoms with Crippen molar-refractivity contribution in [2.45, 2.75) is 13.0 Å². The minimum atomic E-state index is -0.0544. The first-order chi connectivity index (χ1) is 9.29. The van der Waals surface area contributed by atoms with Crippen LogP contribution in [-0.2, 0) is 6.54 Å². The zero-order valence-electron chi connectivity index (χ0n) is 10.8. The molecule has 0 atom stereocenters. The molecule has 19 heavy (non-hydrogen) atoms. The number of nitrogens with zero attached hydrogens (tertiary/aromatic N) is 3. The van der Waals surface area contributed by atoms with Gasteiger partial charge in [0.1, 0.15) is 0 Å². The van der Waals surface area contributed by atoms with Crippen LogP contribution in [-0.4, -0.2) is 34.5 Å². The largest absolute Gasteiger partial charge is 0.388 e. The van der Waals surface area contributed by atoms with Crippen LogP contribution >= 0.6 is 0 Å². The van der Waals surface area contributed by atoms with Crippen molar-refractivity contribution >= 4 is 11.6 Å². The van der Waals surface area contributed by atoms with Crippen molar-refractivity contribution in [1.82, 2.24) is 20.3 Å². The summed E-state index contributed by atoms with van der Waals surface area (Å²) in [6.45, 7) is 1.37. The summed E-state index contributed by atoms with van der Waals surface area (Å²) in [7, 11) is 1.85. The van der Waals surface area contributed by atoms with Crippen molar-refractivity contribution in [3.63, 3.8) is 0 Å². The predicted octanol–water partition coefficient (Wildman–Crippen LogP) is 1.14. The molecule has 1 aromatic heterocycles. The second-order valence-corrected chi connectivity index (χ2v) is 4.10. The molecule has 2 N–H and O–H groups in total. The Morgan fingerprint density at radius 3 is 2.74 bits per heavy atom. The number of carbonyl (C=O) groups excluding carboxylic acids is 1. The molecule has 0 saturated heterocycles. The van der Waals surface area contributed by atoms with Crippen LogP contribution < -0.4 is 10.6 Å². The normalized spacial score (nSPS) is 10.2. The van der Waals surface area contributed by atoms with Gasteiger partial charge in [-0.05, 0) is 30.7 Å². The van der Waals surface area contributed by atoms with E-state index in [1.165, 1.54) is 0 Å². The van der Waals surface area contributed by atoms with E-state index in [9.17, 15) is 4.79 Å². The standard InChI is InChI=1S/C13H17N5O/c1-14-12-5-3-11(4-6-12)13(19)15-7-2-9-18-10-8-16-17-18/h3-6,8,10,14H,2,7,9H2,1H3,(H,15,19). The first-order valence-corrected chi connectivity index (χ1v) is 6.20. The zero-order valence-corrected chi connectivity index (χ0v) is 10.8. The molecule has 1 aromatic carbocycles. The Bertz CT molecular complexity index is 506. The van der Waals surface area contributed by atoms with E-state index in [-0.39, 0.29) is 5.91 Å². The highest BCUT2D eigenvalue weighted by molar-refractivity contribution is 5.94. The van der Waals surface area contributed by atoms with Gasteiger partial charge in [-0.2, -0.15) is 0 Å². The maximum Gasteiger partial charge on any atom is 0.251 e. The lowest BCUT2D eigenvalue weighted by atomic mass is 10.2. The van der Waals surface area contributed by atoms with Gasteiger partial charge in [-0.15, -0.1) is 5.10 Å². The van der Waals surface area contributed by atoms with Gasteiger partial charge in [0.25, 0.3) is 5.91 Å². The highest BCUT2D eigenvalue weighted by Gasteiger charge is 2.04. The van der Waals surface area contributed by atoms with E-state index in [0.717, 1.165) is 18.7 Å². The molecule has 0 fully saturated rings.